The van der Waals surface area contributed by atoms with E-state index in [1.54, 1.807) is 30.3 Å². The number of halogens is 3. The lowest BCUT2D eigenvalue weighted by atomic mass is 9.98. The van der Waals surface area contributed by atoms with Gasteiger partial charge < -0.3 is 10.1 Å². The van der Waals surface area contributed by atoms with Crippen molar-refractivity contribution in [2.75, 3.05) is 13.7 Å². The van der Waals surface area contributed by atoms with Crippen LogP contribution in [0.5, 0.6) is 5.75 Å². The Hall–Kier alpha value is -1.29. The monoisotopic (exact) mass is 327 g/mol. The van der Waals surface area contributed by atoms with Crippen molar-refractivity contribution in [2.45, 2.75) is 13.0 Å². The number of ether oxygens (including phenoxy) is 1. The minimum Gasteiger partial charge on any atom is -0.494 e. The van der Waals surface area contributed by atoms with Crippen LogP contribution in [0.2, 0.25) is 10.0 Å². The topological polar surface area (TPSA) is 21.3 Å². The summed E-state index contributed by atoms with van der Waals surface area (Å²) < 4.78 is 18.9. The molecule has 1 atom stereocenters. The van der Waals surface area contributed by atoms with Crippen LogP contribution in [0, 0.1) is 5.82 Å². The minimum atomic E-state index is -0.416. The van der Waals surface area contributed by atoms with E-state index in [1.807, 2.05) is 6.92 Å². The number of nitrogens with one attached hydrogen (secondary N) is 1. The Balaban J connectivity index is 2.51. The van der Waals surface area contributed by atoms with Crippen LogP contribution in [0.1, 0.15) is 24.1 Å². The second-order valence-corrected chi connectivity index (χ2v) is 5.33. The van der Waals surface area contributed by atoms with Gasteiger partial charge >= 0.3 is 0 Å². The summed E-state index contributed by atoms with van der Waals surface area (Å²) >= 11 is 12.5. The third kappa shape index (κ3) is 3.49. The molecule has 0 spiro atoms. The van der Waals surface area contributed by atoms with Gasteiger partial charge in [-0.3, -0.25) is 0 Å². The van der Waals surface area contributed by atoms with E-state index in [4.69, 9.17) is 27.9 Å². The average molecular weight is 328 g/mol. The molecule has 2 nitrogen and oxygen atoms in total. The SMILES string of the molecule is CCNC(c1ccc(OC)c(F)c1)c1c(Cl)cccc1Cl. The first-order chi connectivity index (χ1) is 10.1. The molecule has 0 saturated carbocycles. The molecule has 5 heteroatoms. The second kappa shape index (κ2) is 7.12. The Kier molecular flexibility index (Phi) is 5.45. The molecule has 0 aliphatic heterocycles. The Morgan fingerprint density at radius 3 is 2.38 bits per heavy atom. The smallest absolute Gasteiger partial charge is 0.165 e. The highest BCUT2D eigenvalue weighted by molar-refractivity contribution is 6.36. The highest BCUT2D eigenvalue weighted by atomic mass is 35.5. The molecule has 2 aromatic rings. The van der Waals surface area contributed by atoms with Crippen molar-refractivity contribution in [1.29, 1.82) is 0 Å². The van der Waals surface area contributed by atoms with Crippen molar-refractivity contribution >= 4 is 23.2 Å². The number of hydrogen-bond acceptors (Lipinski definition) is 2. The van der Waals surface area contributed by atoms with E-state index < -0.39 is 5.82 Å². The van der Waals surface area contributed by atoms with Gasteiger partial charge in [-0.2, -0.15) is 0 Å². The van der Waals surface area contributed by atoms with E-state index in [2.05, 4.69) is 5.32 Å². The van der Waals surface area contributed by atoms with Gasteiger partial charge in [-0.05, 0) is 36.4 Å². The zero-order chi connectivity index (χ0) is 15.4. The summed E-state index contributed by atoms with van der Waals surface area (Å²) in [6.07, 6.45) is 0. The number of rotatable bonds is 5. The largest absolute Gasteiger partial charge is 0.494 e. The molecule has 0 saturated heterocycles. The Morgan fingerprint density at radius 1 is 1.19 bits per heavy atom. The maximum Gasteiger partial charge on any atom is 0.165 e. The fourth-order valence-electron chi connectivity index (χ4n) is 2.24. The maximum absolute atomic E-state index is 13.9. The van der Waals surface area contributed by atoms with Crippen LogP contribution in [0.4, 0.5) is 4.39 Å². The third-order valence-electron chi connectivity index (χ3n) is 3.21. The first-order valence-corrected chi connectivity index (χ1v) is 7.34. The standard InChI is InChI=1S/C16H16Cl2FNO/c1-3-20-16(15-11(17)5-4-6-12(15)18)10-7-8-14(21-2)13(19)9-10/h4-9,16,20H,3H2,1-2H3. The summed E-state index contributed by atoms with van der Waals surface area (Å²) in [5.74, 6) is -0.208. The molecular formula is C16H16Cl2FNO. The fraction of sp³-hybridized carbons (Fsp3) is 0.250. The molecule has 1 N–H and O–H groups in total. The van der Waals surface area contributed by atoms with Gasteiger partial charge in [-0.25, -0.2) is 4.39 Å². The highest BCUT2D eigenvalue weighted by Gasteiger charge is 2.20. The Morgan fingerprint density at radius 2 is 1.86 bits per heavy atom. The fourth-order valence-corrected chi connectivity index (χ4v) is 2.86. The molecule has 2 aromatic carbocycles. The summed E-state index contributed by atoms with van der Waals surface area (Å²) in [5.41, 5.74) is 1.48. The van der Waals surface area contributed by atoms with E-state index >= 15 is 0 Å². The molecule has 0 aliphatic carbocycles. The normalized spacial score (nSPS) is 12.2. The molecular weight excluding hydrogens is 312 g/mol. The molecule has 2 rings (SSSR count). The van der Waals surface area contributed by atoms with Gasteiger partial charge in [0.15, 0.2) is 11.6 Å². The second-order valence-electron chi connectivity index (χ2n) is 4.52. The van der Waals surface area contributed by atoms with Crippen molar-refractivity contribution in [3.63, 3.8) is 0 Å². The number of methoxy groups -OCH3 is 1. The average Bonchev–Trinajstić information content (AvgIpc) is 2.46. The zero-order valence-electron chi connectivity index (χ0n) is 11.8. The van der Waals surface area contributed by atoms with Crippen molar-refractivity contribution in [3.05, 3.63) is 63.4 Å². The van der Waals surface area contributed by atoms with E-state index in [0.29, 0.717) is 16.6 Å². The van der Waals surface area contributed by atoms with E-state index in [1.165, 1.54) is 13.2 Å². The predicted molar refractivity (Wildman–Crippen MR) is 84.9 cm³/mol. The first-order valence-electron chi connectivity index (χ1n) is 6.59. The summed E-state index contributed by atoms with van der Waals surface area (Å²) in [6, 6.07) is 9.88. The van der Waals surface area contributed by atoms with Gasteiger partial charge in [0.1, 0.15) is 0 Å². The molecule has 0 heterocycles. The molecule has 0 bridgehead atoms. The number of hydrogen-bond donors (Lipinski definition) is 1. The zero-order valence-corrected chi connectivity index (χ0v) is 13.3. The molecule has 21 heavy (non-hydrogen) atoms. The summed E-state index contributed by atoms with van der Waals surface area (Å²) in [6.45, 7) is 2.66. The van der Waals surface area contributed by atoms with Crippen LogP contribution in [-0.2, 0) is 0 Å². The van der Waals surface area contributed by atoms with Gasteiger partial charge in [-0.15, -0.1) is 0 Å². The van der Waals surface area contributed by atoms with Gasteiger partial charge in [0.25, 0.3) is 0 Å². The molecule has 0 fully saturated rings. The van der Waals surface area contributed by atoms with Crippen molar-refractivity contribution < 1.29 is 9.13 Å². The van der Waals surface area contributed by atoms with Crippen molar-refractivity contribution in [3.8, 4) is 5.75 Å². The van der Waals surface area contributed by atoms with Crippen LogP contribution < -0.4 is 10.1 Å². The summed E-state index contributed by atoms with van der Waals surface area (Å²) in [7, 11) is 1.44. The molecule has 0 aromatic heterocycles. The van der Waals surface area contributed by atoms with Gasteiger partial charge in [0.2, 0.25) is 0 Å². The predicted octanol–water partition coefficient (Wildman–Crippen LogP) is 4.84. The first kappa shape index (κ1) is 16.1. The van der Waals surface area contributed by atoms with Crippen molar-refractivity contribution in [2.24, 2.45) is 0 Å². The lowest BCUT2D eigenvalue weighted by Crippen LogP contribution is -2.22. The van der Waals surface area contributed by atoms with E-state index in [9.17, 15) is 4.39 Å². The summed E-state index contributed by atoms with van der Waals surface area (Å²) in [5, 5.41) is 4.38. The molecule has 1 unspecified atom stereocenters. The molecule has 0 aliphatic rings. The van der Waals surface area contributed by atoms with Crippen LogP contribution in [0.15, 0.2) is 36.4 Å². The van der Waals surface area contributed by atoms with E-state index in [0.717, 1.165) is 11.1 Å². The molecule has 0 amide bonds. The Labute approximate surface area is 133 Å². The van der Waals surface area contributed by atoms with Crippen LogP contribution in [-0.4, -0.2) is 13.7 Å². The summed E-state index contributed by atoms with van der Waals surface area (Å²) in [4.78, 5) is 0. The van der Waals surface area contributed by atoms with Crippen LogP contribution >= 0.6 is 23.2 Å². The van der Waals surface area contributed by atoms with Gasteiger partial charge in [-0.1, -0.05) is 42.3 Å². The molecule has 0 radical (unpaired) electrons. The third-order valence-corrected chi connectivity index (χ3v) is 3.86. The Bertz CT molecular complexity index is 613. The maximum atomic E-state index is 13.9. The molecule has 112 valence electrons. The van der Waals surface area contributed by atoms with E-state index in [-0.39, 0.29) is 11.8 Å². The van der Waals surface area contributed by atoms with Crippen LogP contribution in [0.25, 0.3) is 0 Å². The lowest BCUT2D eigenvalue weighted by molar-refractivity contribution is 0.385. The van der Waals surface area contributed by atoms with Gasteiger partial charge in [0.05, 0.1) is 13.2 Å². The van der Waals surface area contributed by atoms with Gasteiger partial charge in [0, 0.05) is 15.6 Å². The van der Waals surface area contributed by atoms with Crippen LogP contribution in [0.3, 0.4) is 0 Å². The highest BCUT2D eigenvalue weighted by Crippen LogP contribution is 2.35. The quantitative estimate of drug-likeness (QED) is 0.848. The minimum absolute atomic E-state index is 0.208. The number of benzene rings is 2. The lowest BCUT2D eigenvalue weighted by Gasteiger charge is -2.21. The van der Waals surface area contributed by atoms with Crippen molar-refractivity contribution in [1.82, 2.24) is 5.32 Å².